The number of carbonyl (C=O) groups is 1. The smallest absolute Gasteiger partial charge is 0.152 e. The fourth-order valence-corrected chi connectivity index (χ4v) is 2.96. The predicted octanol–water partition coefficient (Wildman–Crippen LogP) is 3.61. The monoisotopic (exact) mass is 283 g/mol. The molecule has 3 rings (SSSR count). The van der Waals surface area contributed by atoms with Gasteiger partial charge in [-0.1, -0.05) is 18.9 Å². The molecule has 0 unspecified atom stereocenters. The highest BCUT2D eigenvalue weighted by Gasteiger charge is 2.15. The molecular formula is C17H21N3O. The average molecular weight is 283 g/mol. The van der Waals surface area contributed by atoms with E-state index < -0.39 is 0 Å². The quantitative estimate of drug-likeness (QED) is 0.824. The normalized spacial score (nSPS) is 16.0. The van der Waals surface area contributed by atoms with Gasteiger partial charge in [-0.2, -0.15) is 0 Å². The Labute approximate surface area is 124 Å². The largest absolute Gasteiger partial charge is 0.381 e. The number of ketones is 1. The second-order valence-electron chi connectivity index (χ2n) is 5.78. The lowest BCUT2D eigenvalue weighted by Crippen LogP contribution is -2.14. The van der Waals surface area contributed by atoms with Crippen molar-refractivity contribution in [2.45, 2.75) is 45.1 Å². The van der Waals surface area contributed by atoms with Gasteiger partial charge in [0.1, 0.15) is 5.65 Å². The van der Waals surface area contributed by atoms with Crippen LogP contribution in [0.5, 0.6) is 0 Å². The fourth-order valence-electron chi connectivity index (χ4n) is 2.96. The minimum Gasteiger partial charge on any atom is -0.381 e. The van der Waals surface area contributed by atoms with Gasteiger partial charge in [0, 0.05) is 17.6 Å². The highest BCUT2D eigenvalue weighted by atomic mass is 16.1. The van der Waals surface area contributed by atoms with Crippen LogP contribution in [0.1, 0.15) is 38.2 Å². The van der Waals surface area contributed by atoms with Gasteiger partial charge in [0.15, 0.2) is 5.78 Å². The molecule has 1 fully saturated rings. The Morgan fingerprint density at radius 2 is 2.29 bits per heavy atom. The number of hydrogen-bond acceptors (Lipinski definition) is 3. The zero-order valence-electron chi connectivity index (χ0n) is 12.4. The molecule has 110 valence electrons. The number of H-pyrrole nitrogens is 1. The first-order chi connectivity index (χ1) is 10.2. The van der Waals surface area contributed by atoms with Crippen LogP contribution >= 0.6 is 0 Å². The van der Waals surface area contributed by atoms with Crippen LogP contribution in [0.4, 0.5) is 5.69 Å². The summed E-state index contributed by atoms with van der Waals surface area (Å²) in [7, 11) is 0. The summed E-state index contributed by atoms with van der Waals surface area (Å²) in [5, 5.41) is 4.71. The fraction of sp³-hybridized carbons (Fsp3) is 0.412. The van der Waals surface area contributed by atoms with E-state index in [2.05, 4.69) is 21.4 Å². The first-order valence-electron chi connectivity index (χ1n) is 7.62. The number of anilines is 1. The van der Waals surface area contributed by atoms with Crippen molar-refractivity contribution < 1.29 is 4.79 Å². The van der Waals surface area contributed by atoms with E-state index in [0.29, 0.717) is 6.04 Å². The molecule has 0 amide bonds. The summed E-state index contributed by atoms with van der Waals surface area (Å²) in [4.78, 5) is 18.6. The maximum Gasteiger partial charge on any atom is 0.152 e. The van der Waals surface area contributed by atoms with Crippen LogP contribution < -0.4 is 5.32 Å². The van der Waals surface area contributed by atoms with Crippen LogP contribution in [0.2, 0.25) is 0 Å². The summed E-state index contributed by atoms with van der Waals surface area (Å²) < 4.78 is 0. The molecule has 0 aliphatic heterocycles. The van der Waals surface area contributed by atoms with Crippen molar-refractivity contribution in [2.75, 3.05) is 5.32 Å². The van der Waals surface area contributed by atoms with Gasteiger partial charge >= 0.3 is 0 Å². The number of aromatic nitrogens is 2. The van der Waals surface area contributed by atoms with Crippen molar-refractivity contribution >= 4 is 22.5 Å². The van der Waals surface area contributed by atoms with Crippen LogP contribution in [0.25, 0.3) is 11.0 Å². The van der Waals surface area contributed by atoms with Gasteiger partial charge in [0.2, 0.25) is 0 Å². The highest BCUT2D eigenvalue weighted by Crippen LogP contribution is 2.25. The van der Waals surface area contributed by atoms with E-state index in [1.165, 1.54) is 31.2 Å². The number of nitrogens with zero attached hydrogens (tertiary/aromatic N) is 1. The average Bonchev–Trinajstić information content (AvgIpc) is 3.09. The number of carbonyl (C=O) groups excluding carboxylic acids is 1. The Hall–Kier alpha value is -2.10. The van der Waals surface area contributed by atoms with Crippen LogP contribution in [-0.2, 0) is 11.2 Å². The SMILES string of the molecule is CC(=O)/C=C/Cc1c[nH]c2ncc(NC3CCCC3)cc12. The number of aromatic amines is 1. The first-order valence-corrected chi connectivity index (χ1v) is 7.62. The molecule has 0 aromatic carbocycles. The van der Waals surface area contributed by atoms with Crippen molar-refractivity contribution in [1.82, 2.24) is 9.97 Å². The third-order valence-electron chi connectivity index (χ3n) is 4.03. The minimum atomic E-state index is 0.0801. The molecule has 0 atom stereocenters. The summed E-state index contributed by atoms with van der Waals surface area (Å²) >= 11 is 0. The number of fused-ring (bicyclic) bond motifs is 1. The van der Waals surface area contributed by atoms with Crippen LogP contribution in [0.3, 0.4) is 0 Å². The third-order valence-corrected chi connectivity index (χ3v) is 4.03. The number of pyridine rings is 1. The molecule has 1 aliphatic rings. The summed E-state index contributed by atoms with van der Waals surface area (Å²) in [5.74, 6) is 0.0801. The molecule has 0 spiro atoms. The Kier molecular flexibility index (Phi) is 4.04. The van der Waals surface area contributed by atoms with Gasteiger partial charge < -0.3 is 10.3 Å². The van der Waals surface area contributed by atoms with E-state index in [9.17, 15) is 4.79 Å². The lowest BCUT2D eigenvalue weighted by molar-refractivity contribution is -0.112. The maximum absolute atomic E-state index is 11.0. The third kappa shape index (κ3) is 3.32. The van der Waals surface area contributed by atoms with Gasteiger partial charge in [-0.15, -0.1) is 0 Å². The lowest BCUT2D eigenvalue weighted by Gasteiger charge is -2.13. The summed E-state index contributed by atoms with van der Waals surface area (Å²) in [6.45, 7) is 1.57. The van der Waals surface area contributed by atoms with E-state index in [-0.39, 0.29) is 5.78 Å². The molecule has 0 saturated heterocycles. The Balaban J connectivity index is 1.79. The molecule has 1 aliphatic carbocycles. The zero-order chi connectivity index (χ0) is 14.7. The van der Waals surface area contributed by atoms with Gasteiger partial charge in [-0.3, -0.25) is 4.79 Å². The molecule has 0 radical (unpaired) electrons. The second-order valence-corrected chi connectivity index (χ2v) is 5.78. The Morgan fingerprint density at radius 1 is 1.48 bits per heavy atom. The molecule has 0 bridgehead atoms. The van der Waals surface area contributed by atoms with Gasteiger partial charge in [-0.25, -0.2) is 4.98 Å². The lowest BCUT2D eigenvalue weighted by atomic mass is 10.1. The minimum absolute atomic E-state index is 0.0801. The molecule has 1 saturated carbocycles. The summed E-state index contributed by atoms with van der Waals surface area (Å²) in [6, 6.07) is 2.75. The highest BCUT2D eigenvalue weighted by molar-refractivity contribution is 5.87. The number of nitrogens with one attached hydrogen (secondary N) is 2. The van der Waals surface area contributed by atoms with Crippen LogP contribution in [-0.4, -0.2) is 21.8 Å². The Morgan fingerprint density at radius 3 is 3.05 bits per heavy atom. The molecule has 4 nitrogen and oxygen atoms in total. The molecule has 4 heteroatoms. The van der Waals surface area contributed by atoms with Crippen molar-refractivity contribution in [2.24, 2.45) is 0 Å². The van der Waals surface area contributed by atoms with Crippen LogP contribution in [0, 0.1) is 0 Å². The first kappa shape index (κ1) is 13.9. The number of hydrogen-bond donors (Lipinski definition) is 2. The molecular weight excluding hydrogens is 262 g/mol. The zero-order valence-corrected chi connectivity index (χ0v) is 12.4. The predicted molar refractivity (Wildman–Crippen MR) is 85.5 cm³/mol. The van der Waals surface area contributed by atoms with Crippen molar-refractivity contribution in [3.8, 4) is 0 Å². The molecule has 2 heterocycles. The second kappa shape index (κ2) is 6.12. The molecule has 2 N–H and O–H groups in total. The Bertz CT molecular complexity index is 666. The molecule has 21 heavy (non-hydrogen) atoms. The van der Waals surface area contributed by atoms with E-state index >= 15 is 0 Å². The van der Waals surface area contributed by atoms with Crippen molar-refractivity contribution in [3.05, 3.63) is 36.2 Å². The van der Waals surface area contributed by atoms with E-state index in [4.69, 9.17) is 0 Å². The van der Waals surface area contributed by atoms with E-state index in [1.54, 1.807) is 13.0 Å². The van der Waals surface area contributed by atoms with Crippen molar-refractivity contribution in [1.29, 1.82) is 0 Å². The summed E-state index contributed by atoms with van der Waals surface area (Å²) in [5.41, 5.74) is 3.16. The topological polar surface area (TPSA) is 57.8 Å². The van der Waals surface area contributed by atoms with Gasteiger partial charge in [0.25, 0.3) is 0 Å². The number of rotatable bonds is 5. The molecule has 2 aromatic heterocycles. The van der Waals surface area contributed by atoms with Crippen LogP contribution in [0.15, 0.2) is 30.6 Å². The standard InChI is InChI=1S/C17H21N3O/c1-12(21)5-4-6-13-10-18-17-16(13)9-15(11-19-17)20-14-7-2-3-8-14/h4-5,9-11,14,20H,2-3,6-8H2,1H3,(H,18,19)/b5-4+. The van der Waals surface area contributed by atoms with E-state index in [1.807, 2.05) is 18.5 Å². The van der Waals surface area contributed by atoms with Crippen molar-refractivity contribution in [3.63, 3.8) is 0 Å². The van der Waals surface area contributed by atoms with Gasteiger partial charge in [0.05, 0.1) is 11.9 Å². The molecule has 2 aromatic rings. The number of allylic oxidation sites excluding steroid dienone is 2. The summed E-state index contributed by atoms with van der Waals surface area (Å²) in [6.07, 6.45) is 13.3. The van der Waals surface area contributed by atoms with E-state index in [0.717, 1.165) is 23.1 Å². The van der Waals surface area contributed by atoms with Gasteiger partial charge in [-0.05, 0) is 43.9 Å². The maximum atomic E-state index is 11.0.